The Morgan fingerprint density at radius 2 is 1.81 bits per heavy atom. The highest BCUT2D eigenvalue weighted by atomic mass is 16.5. The molecular weight excluding hydrogens is 272 g/mol. The second-order valence-electron chi connectivity index (χ2n) is 4.48. The van der Waals surface area contributed by atoms with Gasteiger partial charge in [-0.3, -0.25) is 0 Å². The largest absolute Gasteiger partial charge is 0.493 e. The van der Waals surface area contributed by atoms with Crippen LogP contribution in [0.5, 0.6) is 17.2 Å². The molecule has 0 unspecified atom stereocenters. The predicted octanol–water partition coefficient (Wildman–Crippen LogP) is 3.37. The van der Waals surface area contributed by atoms with Gasteiger partial charge in [-0.1, -0.05) is 19.8 Å². The summed E-state index contributed by atoms with van der Waals surface area (Å²) in [5, 5.41) is 8.68. The summed E-state index contributed by atoms with van der Waals surface area (Å²) in [6.45, 7) is 2.72. The number of carbonyl (C=O) groups is 1. The van der Waals surface area contributed by atoms with Crippen molar-refractivity contribution in [2.24, 2.45) is 0 Å². The first-order chi connectivity index (χ1) is 10.1. The summed E-state index contributed by atoms with van der Waals surface area (Å²) < 4.78 is 16.4. The molecule has 0 saturated carbocycles. The van der Waals surface area contributed by atoms with Gasteiger partial charge in [0.25, 0.3) is 0 Å². The van der Waals surface area contributed by atoms with Gasteiger partial charge in [-0.05, 0) is 30.2 Å². The first-order valence-electron chi connectivity index (χ1n) is 6.92. The van der Waals surface area contributed by atoms with Crippen molar-refractivity contribution in [3.05, 3.63) is 23.8 Å². The molecular formula is C16H22O5. The van der Waals surface area contributed by atoms with E-state index in [4.69, 9.17) is 19.3 Å². The number of carboxylic acid groups (broad SMARTS) is 1. The average molecular weight is 294 g/mol. The van der Waals surface area contributed by atoms with E-state index < -0.39 is 5.97 Å². The zero-order valence-corrected chi connectivity index (χ0v) is 12.7. The van der Waals surface area contributed by atoms with E-state index in [-0.39, 0.29) is 0 Å². The molecule has 0 heterocycles. The minimum atomic E-state index is -1.01. The lowest BCUT2D eigenvalue weighted by Gasteiger charge is -2.15. The van der Waals surface area contributed by atoms with Crippen molar-refractivity contribution < 1.29 is 24.1 Å². The van der Waals surface area contributed by atoms with Crippen molar-refractivity contribution in [3.8, 4) is 17.2 Å². The molecule has 1 rings (SSSR count). The topological polar surface area (TPSA) is 65.0 Å². The third-order valence-electron chi connectivity index (χ3n) is 2.90. The van der Waals surface area contributed by atoms with Gasteiger partial charge >= 0.3 is 5.97 Å². The Kier molecular flexibility index (Phi) is 7.15. The third-order valence-corrected chi connectivity index (χ3v) is 2.90. The lowest BCUT2D eigenvalue weighted by atomic mass is 10.1. The predicted molar refractivity (Wildman–Crippen MR) is 81.2 cm³/mol. The van der Waals surface area contributed by atoms with E-state index in [2.05, 4.69) is 6.92 Å². The summed E-state index contributed by atoms with van der Waals surface area (Å²) in [6.07, 6.45) is 5.73. The molecule has 0 atom stereocenters. The fraction of sp³-hybridized carbons (Fsp3) is 0.438. The fourth-order valence-electron chi connectivity index (χ4n) is 1.83. The number of aliphatic carboxylic acids is 1. The van der Waals surface area contributed by atoms with Gasteiger partial charge in [0.1, 0.15) is 0 Å². The Balaban J connectivity index is 2.98. The number of benzene rings is 1. The molecule has 0 radical (unpaired) electrons. The van der Waals surface area contributed by atoms with Crippen LogP contribution in [0.15, 0.2) is 18.2 Å². The highest BCUT2D eigenvalue weighted by Crippen LogP contribution is 2.39. The van der Waals surface area contributed by atoms with Crippen molar-refractivity contribution in [2.45, 2.75) is 26.2 Å². The Bertz CT molecular complexity index is 468. The number of unbranched alkanes of at least 4 members (excludes halogenated alkanes) is 2. The van der Waals surface area contributed by atoms with Crippen LogP contribution in [0, 0.1) is 0 Å². The highest BCUT2D eigenvalue weighted by Gasteiger charge is 2.13. The molecule has 0 spiro atoms. The maximum Gasteiger partial charge on any atom is 0.328 e. The molecule has 0 aliphatic rings. The highest BCUT2D eigenvalue weighted by molar-refractivity contribution is 5.85. The first-order valence-corrected chi connectivity index (χ1v) is 6.92. The van der Waals surface area contributed by atoms with Gasteiger partial charge in [0.2, 0.25) is 5.75 Å². The van der Waals surface area contributed by atoms with Gasteiger partial charge in [-0.15, -0.1) is 0 Å². The molecule has 1 aromatic rings. The zero-order valence-electron chi connectivity index (χ0n) is 12.7. The maximum atomic E-state index is 10.6. The number of hydrogen-bond acceptors (Lipinski definition) is 4. The number of methoxy groups -OCH3 is 2. The molecule has 5 nitrogen and oxygen atoms in total. The van der Waals surface area contributed by atoms with E-state index in [0.717, 1.165) is 25.3 Å². The molecule has 1 aromatic carbocycles. The van der Waals surface area contributed by atoms with Crippen molar-refractivity contribution in [1.29, 1.82) is 0 Å². The molecule has 0 saturated heterocycles. The average Bonchev–Trinajstić information content (AvgIpc) is 2.49. The number of carboxylic acids is 1. The van der Waals surface area contributed by atoms with Crippen LogP contribution < -0.4 is 14.2 Å². The van der Waals surface area contributed by atoms with E-state index in [9.17, 15) is 4.79 Å². The molecule has 0 fully saturated rings. The monoisotopic (exact) mass is 294 g/mol. The smallest absolute Gasteiger partial charge is 0.328 e. The summed E-state index contributed by atoms with van der Waals surface area (Å²) in [5.41, 5.74) is 0.673. The second kappa shape index (κ2) is 8.89. The van der Waals surface area contributed by atoms with E-state index in [1.165, 1.54) is 6.08 Å². The number of hydrogen-bond donors (Lipinski definition) is 1. The summed E-state index contributed by atoms with van der Waals surface area (Å²) in [7, 11) is 3.08. The van der Waals surface area contributed by atoms with Crippen LogP contribution >= 0.6 is 0 Å². The molecule has 116 valence electrons. The Morgan fingerprint density at radius 3 is 2.29 bits per heavy atom. The van der Waals surface area contributed by atoms with Crippen LogP contribution in [0.4, 0.5) is 0 Å². The SMILES string of the molecule is CCCCCOc1c(OC)cc(/C=C/C(=O)O)cc1OC. The minimum absolute atomic E-state index is 0.524. The molecule has 0 amide bonds. The van der Waals surface area contributed by atoms with Crippen molar-refractivity contribution in [1.82, 2.24) is 0 Å². The molecule has 21 heavy (non-hydrogen) atoms. The van der Waals surface area contributed by atoms with Gasteiger partial charge in [0, 0.05) is 6.08 Å². The Morgan fingerprint density at radius 1 is 1.19 bits per heavy atom. The number of rotatable bonds is 9. The molecule has 0 bridgehead atoms. The van der Waals surface area contributed by atoms with E-state index in [0.29, 0.717) is 29.4 Å². The van der Waals surface area contributed by atoms with Crippen molar-refractivity contribution in [2.75, 3.05) is 20.8 Å². The standard InChI is InChI=1S/C16H22O5/c1-4-5-6-9-21-16-13(19-2)10-12(7-8-15(17)18)11-14(16)20-3/h7-8,10-11H,4-6,9H2,1-3H3,(H,17,18)/b8-7+. The minimum Gasteiger partial charge on any atom is -0.493 e. The Labute approximate surface area is 125 Å². The van der Waals surface area contributed by atoms with Gasteiger partial charge < -0.3 is 19.3 Å². The van der Waals surface area contributed by atoms with Gasteiger partial charge in [-0.25, -0.2) is 4.79 Å². The van der Waals surface area contributed by atoms with E-state index in [1.807, 2.05) is 0 Å². The molecule has 0 aromatic heterocycles. The quantitative estimate of drug-likeness (QED) is 0.559. The lowest BCUT2D eigenvalue weighted by molar-refractivity contribution is -0.131. The van der Waals surface area contributed by atoms with Crippen LogP contribution in [0.25, 0.3) is 6.08 Å². The summed E-state index contributed by atoms with van der Waals surface area (Å²) in [5.74, 6) is 0.586. The van der Waals surface area contributed by atoms with Crippen LogP contribution in [-0.4, -0.2) is 31.9 Å². The third kappa shape index (κ3) is 5.38. The molecule has 1 N–H and O–H groups in total. The van der Waals surface area contributed by atoms with Gasteiger partial charge in [0.15, 0.2) is 11.5 Å². The second-order valence-corrected chi connectivity index (χ2v) is 4.48. The molecule has 0 aliphatic heterocycles. The van der Waals surface area contributed by atoms with E-state index in [1.54, 1.807) is 26.4 Å². The zero-order chi connectivity index (χ0) is 15.7. The fourth-order valence-corrected chi connectivity index (χ4v) is 1.83. The lowest BCUT2D eigenvalue weighted by Crippen LogP contribution is -2.02. The van der Waals surface area contributed by atoms with Crippen LogP contribution in [0.1, 0.15) is 31.7 Å². The normalized spacial score (nSPS) is 10.6. The summed E-state index contributed by atoms with van der Waals surface area (Å²) >= 11 is 0. The van der Waals surface area contributed by atoms with Gasteiger partial charge in [-0.2, -0.15) is 0 Å². The van der Waals surface area contributed by atoms with E-state index >= 15 is 0 Å². The van der Waals surface area contributed by atoms with Gasteiger partial charge in [0.05, 0.1) is 20.8 Å². The first kappa shape index (κ1) is 16.9. The molecule has 0 aliphatic carbocycles. The number of ether oxygens (including phenoxy) is 3. The Hall–Kier alpha value is -2.17. The van der Waals surface area contributed by atoms with Crippen LogP contribution in [0.2, 0.25) is 0 Å². The van der Waals surface area contributed by atoms with Crippen molar-refractivity contribution >= 4 is 12.0 Å². The van der Waals surface area contributed by atoms with Crippen LogP contribution in [-0.2, 0) is 4.79 Å². The van der Waals surface area contributed by atoms with Crippen LogP contribution in [0.3, 0.4) is 0 Å². The maximum absolute atomic E-state index is 10.6. The molecule has 5 heteroatoms. The summed E-state index contributed by atoms with van der Waals surface area (Å²) in [6, 6.07) is 3.44. The summed E-state index contributed by atoms with van der Waals surface area (Å²) in [4.78, 5) is 10.6. The van der Waals surface area contributed by atoms with Crippen molar-refractivity contribution in [3.63, 3.8) is 0 Å².